The van der Waals surface area contributed by atoms with Crippen LogP contribution in [0.4, 0.5) is 11.9 Å². The van der Waals surface area contributed by atoms with Gasteiger partial charge in [-0.15, -0.1) is 31.7 Å². The summed E-state index contributed by atoms with van der Waals surface area (Å²) in [5.74, 6) is 1.19. The molecule has 8 aromatic rings. The van der Waals surface area contributed by atoms with E-state index in [1.54, 1.807) is 23.7 Å². The lowest BCUT2D eigenvalue weighted by Crippen LogP contribution is -2.56. The predicted molar refractivity (Wildman–Crippen MR) is 222 cm³/mol. The maximum atomic E-state index is 5.01. The lowest BCUT2D eigenvalue weighted by atomic mass is 9.84. The van der Waals surface area contributed by atoms with Crippen LogP contribution in [0.1, 0.15) is 44.7 Å². The maximum Gasteiger partial charge on any atom is 0.245 e. The summed E-state index contributed by atoms with van der Waals surface area (Å²) in [5.41, 5.74) is 10.8. The standard InChI is InChI=1S/C40H41N17S/c1-22-19-56(40-42-18-34(51-54-40)31-6-5-29(23-14-44-45-15-23)37-38(31)58-21-43-37)20-28(47-22)13-26-9-10-57(55-26)35-8-7-30(32-16-46-52-36(32)35)33-17-41-39(53-50-33)49-27-11-24-3-2-4-25(12-27)48-24/h5-10,14-18,21-22,24-25,27-28,47-48H,2-4,11-13,19-20H2,1H3,(H,44,45)(H,46,52)(H,41,49,53)/t22-,24-,25-,28+/m0/s1. The first kappa shape index (κ1) is 35.0. The van der Waals surface area contributed by atoms with E-state index >= 15 is 0 Å². The second-order valence-corrected chi connectivity index (χ2v) is 16.6. The van der Waals surface area contributed by atoms with E-state index in [1.807, 2.05) is 47.1 Å². The van der Waals surface area contributed by atoms with Gasteiger partial charge in [0.15, 0.2) is 0 Å². The van der Waals surface area contributed by atoms with Crippen molar-refractivity contribution in [1.82, 2.24) is 76.2 Å². The van der Waals surface area contributed by atoms with E-state index in [0.29, 0.717) is 41.4 Å². The minimum Gasteiger partial charge on any atom is -0.350 e. The molecule has 0 radical (unpaired) electrons. The van der Waals surface area contributed by atoms with Crippen molar-refractivity contribution in [2.24, 2.45) is 0 Å². The Morgan fingerprint density at radius 3 is 2.50 bits per heavy atom. The number of aromatic nitrogens is 13. The highest BCUT2D eigenvalue weighted by Crippen LogP contribution is 2.36. The Hall–Kier alpha value is -6.24. The molecule has 58 heavy (non-hydrogen) atoms. The minimum atomic E-state index is 0.134. The minimum absolute atomic E-state index is 0.134. The third-order valence-corrected chi connectivity index (χ3v) is 12.5. The topological polar surface area (TPSA) is 205 Å². The normalized spacial score (nSPS) is 22.2. The summed E-state index contributed by atoms with van der Waals surface area (Å²) in [6, 6.07) is 12.2. The van der Waals surface area contributed by atoms with Crippen LogP contribution in [0.2, 0.25) is 0 Å². The van der Waals surface area contributed by atoms with Gasteiger partial charge >= 0.3 is 0 Å². The number of fused-ring (bicyclic) bond motifs is 4. The van der Waals surface area contributed by atoms with Crippen molar-refractivity contribution in [3.8, 4) is 39.3 Å². The Morgan fingerprint density at radius 2 is 1.67 bits per heavy atom. The molecule has 3 aliphatic rings. The van der Waals surface area contributed by atoms with Gasteiger partial charge in [-0.2, -0.15) is 15.3 Å². The summed E-state index contributed by atoms with van der Waals surface area (Å²) < 4.78 is 2.95. The number of nitrogens with zero attached hydrogens (tertiary/aromatic N) is 12. The first-order valence-corrected chi connectivity index (χ1v) is 20.8. The van der Waals surface area contributed by atoms with Crippen LogP contribution in [0.3, 0.4) is 0 Å². The summed E-state index contributed by atoms with van der Waals surface area (Å²) >= 11 is 1.58. The highest BCUT2D eigenvalue weighted by molar-refractivity contribution is 7.17. The highest BCUT2D eigenvalue weighted by atomic mass is 32.1. The van der Waals surface area contributed by atoms with Gasteiger partial charge in [0.25, 0.3) is 0 Å². The first-order chi connectivity index (χ1) is 28.6. The molecule has 2 aromatic carbocycles. The molecule has 0 saturated carbocycles. The molecule has 292 valence electrons. The Bertz CT molecular complexity index is 2670. The Labute approximate surface area is 336 Å². The Morgan fingerprint density at radius 1 is 0.828 bits per heavy atom. The lowest BCUT2D eigenvalue weighted by molar-refractivity contribution is 0.230. The van der Waals surface area contributed by atoms with Gasteiger partial charge in [0.05, 0.1) is 57.4 Å². The molecule has 11 rings (SSSR count). The van der Waals surface area contributed by atoms with Crippen LogP contribution in [0.15, 0.2) is 73.0 Å². The van der Waals surface area contributed by atoms with E-state index in [2.05, 4.69) is 96.7 Å². The molecule has 0 aliphatic carbocycles. The zero-order chi connectivity index (χ0) is 38.6. The number of benzene rings is 2. The van der Waals surface area contributed by atoms with Crippen LogP contribution in [-0.2, 0) is 6.42 Å². The van der Waals surface area contributed by atoms with Crippen LogP contribution < -0.4 is 20.9 Å². The van der Waals surface area contributed by atoms with Crippen molar-refractivity contribution in [3.63, 3.8) is 0 Å². The average Bonchev–Trinajstić information content (AvgIpc) is 4.09. The number of piperidine rings is 2. The van der Waals surface area contributed by atoms with E-state index < -0.39 is 0 Å². The maximum absolute atomic E-state index is 5.01. The third-order valence-electron chi connectivity index (χ3n) is 11.7. The van der Waals surface area contributed by atoms with Gasteiger partial charge in [0.2, 0.25) is 11.9 Å². The Kier molecular flexibility index (Phi) is 8.81. The van der Waals surface area contributed by atoms with E-state index in [1.165, 1.54) is 19.3 Å². The van der Waals surface area contributed by atoms with Crippen molar-refractivity contribution in [2.45, 2.75) is 75.7 Å². The van der Waals surface area contributed by atoms with E-state index in [0.717, 1.165) is 87.1 Å². The number of hydrogen-bond acceptors (Lipinski definition) is 15. The average molecular weight is 792 g/mol. The fraction of sp³-hybridized carbons (Fsp3) is 0.350. The molecule has 4 atom stereocenters. The van der Waals surface area contributed by atoms with E-state index in [4.69, 9.17) is 10.1 Å². The molecular weight excluding hydrogens is 751 g/mol. The molecule has 0 amide bonds. The number of nitrogens with one attached hydrogen (secondary N) is 5. The van der Waals surface area contributed by atoms with E-state index in [9.17, 15) is 0 Å². The summed E-state index contributed by atoms with van der Waals surface area (Å²) in [7, 11) is 0. The smallest absolute Gasteiger partial charge is 0.245 e. The zero-order valence-corrected chi connectivity index (χ0v) is 32.6. The number of anilines is 2. The fourth-order valence-corrected chi connectivity index (χ4v) is 9.95. The van der Waals surface area contributed by atoms with Crippen LogP contribution in [0.25, 0.3) is 60.4 Å². The summed E-state index contributed by atoms with van der Waals surface area (Å²) in [6.45, 7) is 3.67. The lowest BCUT2D eigenvalue weighted by Gasteiger charge is -2.40. The first-order valence-electron chi connectivity index (χ1n) is 19.9. The predicted octanol–water partition coefficient (Wildman–Crippen LogP) is 4.95. The fourth-order valence-electron chi connectivity index (χ4n) is 9.11. The second kappa shape index (κ2) is 14.6. The van der Waals surface area contributed by atoms with Crippen molar-refractivity contribution >= 4 is 44.4 Å². The second-order valence-electron chi connectivity index (χ2n) is 15.7. The molecular formula is C40H41N17S. The van der Waals surface area contributed by atoms with Gasteiger partial charge in [-0.1, -0.05) is 18.6 Å². The van der Waals surface area contributed by atoms with Crippen molar-refractivity contribution in [1.29, 1.82) is 0 Å². The number of piperazine rings is 1. The molecule has 3 fully saturated rings. The third kappa shape index (κ3) is 6.61. The van der Waals surface area contributed by atoms with Crippen LogP contribution in [-0.4, -0.2) is 109 Å². The summed E-state index contributed by atoms with van der Waals surface area (Å²) in [4.78, 5) is 16.3. The molecule has 9 heterocycles. The highest BCUT2D eigenvalue weighted by Gasteiger charge is 2.32. The summed E-state index contributed by atoms with van der Waals surface area (Å²) in [5, 5.41) is 49.9. The zero-order valence-electron chi connectivity index (χ0n) is 31.7. The molecule has 6 aromatic heterocycles. The summed E-state index contributed by atoms with van der Waals surface area (Å²) in [6.07, 6.45) is 17.8. The number of thiazole rings is 1. The van der Waals surface area contributed by atoms with Gasteiger partial charge < -0.3 is 20.9 Å². The van der Waals surface area contributed by atoms with Crippen LogP contribution in [0, 0.1) is 0 Å². The molecule has 3 saturated heterocycles. The SMILES string of the molecule is C[C@H]1CN(c2ncc(-c3ccc(-c4cn[nH]c4)c4ncsc34)nn2)C[C@@H](Cc2ccn(-c3ccc(-c4cnc(NC5C[C@@H]6CCC[C@@H](C5)N6)nn4)c4cn[nH]c34)n2)N1. The quantitative estimate of drug-likeness (QED) is 0.131. The monoisotopic (exact) mass is 791 g/mol. The molecule has 18 heteroatoms. The van der Waals surface area contributed by atoms with Gasteiger partial charge in [0, 0.05) is 89.8 Å². The van der Waals surface area contributed by atoms with Crippen molar-refractivity contribution < 1.29 is 0 Å². The van der Waals surface area contributed by atoms with Gasteiger partial charge in [-0.05, 0) is 50.8 Å². The van der Waals surface area contributed by atoms with Gasteiger partial charge in [-0.3, -0.25) is 10.2 Å². The number of rotatable bonds is 9. The molecule has 0 unspecified atom stereocenters. The van der Waals surface area contributed by atoms with Gasteiger partial charge in [-0.25, -0.2) is 19.6 Å². The van der Waals surface area contributed by atoms with Crippen LogP contribution in [0.5, 0.6) is 0 Å². The largest absolute Gasteiger partial charge is 0.350 e. The van der Waals surface area contributed by atoms with Gasteiger partial charge in [0.1, 0.15) is 11.4 Å². The number of aromatic amines is 2. The molecule has 2 bridgehead atoms. The molecule has 5 N–H and O–H groups in total. The van der Waals surface area contributed by atoms with Crippen LogP contribution >= 0.6 is 11.3 Å². The molecule has 3 aliphatic heterocycles. The number of H-pyrrole nitrogens is 2. The van der Waals surface area contributed by atoms with E-state index in [-0.39, 0.29) is 12.1 Å². The molecule has 17 nitrogen and oxygen atoms in total. The molecule has 0 spiro atoms. The number of hydrogen-bond donors (Lipinski definition) is 5. The van der Waals surface area contributed by atoms with Crippen molar-refractivity contribution in [2.75, 3.05) is 23.3 Å². The Balaban J connectivity index is 0.768. The van der Waals surface area contributed by atoms with Crippen molar-refractivity contribution in [3.05, 3.63) is 78.7 Å².